The maximum atomic E-state index is 10.7. The first-order valence-corrected chi connectivity index (χ1v) is 6.53. The van der Waals surface area contributed by atoms with Crippen molar-refractivity contribution in [2.24, 2.45) is 0 Å². The third-order valence-electron chi connectivity index (χ3n) is 3.63. The van der Waals surface area contributed by atoms with Crippen molar-refractivity contribution in [1.82, 2.24) is 19.8 Å². The Morgan fingerprint density at radius 1 is 1.32 bits per heavy atom. The average Bonchev–Trinajstić information content (AvgIpc) is 2.39. The highest BCUT2D eigenvalue weighted by Gasteiger charge is 2.24. The molecule has 1 aromatic rings. The molecule has 0 radical (unpaired) electrons. The number of aromatic nitrogens is 2. The molecule has 0 aliphatic carbocycles. The monoisotopic (exact) mass is 264 g/mol. The summed E-state index contributed by atoms with van der Waals surface area (Å²) in [6.07, 6.45) is 3.43. The van der Waals surface area contributed by atoms with Crippen LogP contribution in [-0.2, 0) is 4.79 Å². The number of piperazine rings is 1. The third kappa shape index (κ3) is 3.48. The molecule has 1 aromatic heterocycles. The van der Waals surface area contributed by atoms with Gasteiger partial charge in [-0.05, 0) is 13.8 Å². The fourth-order valence-corrected chi connectivity index (χ4v) is 2.50. The highest BCUT2D eigenvalue weighted by atomic mass is 16.4. The van der Waals surface area contributed by atoms with Gasteiger partial charge in [0.25, 0.3) is 0 Å². The predicted molar refractivity (Wildman–Crippen MR) is 70.8 cm³/mol. The molecule has 1 saturated heterocycles. The average molecular weight is 264 g/mol. The van der Waals surface area contributed by atoms with Crippen LogP contribution in [0.25, 0.3) is 0 Å². The number of carboxylic acids is 1. The smallest absolute Gasteiger partial charge is 0.317 e. The zero-order valence-electron chi connectivity index (χ0n) is 11.4. The Bertz CT molecular complexity index is 444. The van der Waals surface area contributed by atoms with Gasteiger partial charge in [0.1, 0.15) is 0 Å². The Kier molecular flexibility index (Phi) is 4.44. The molecule has 1 aliphatic rings. The molecule has 1 fully saturated rings. The van der Waals surface area contributed by atoms with Crippen molar-refractivity contribution in [3.05, 3.63) is 23.8 Å². The van der Waals surface area contributed by atoms with Crippen molar-refractivity contribution in [2.75, 3.05) is 32.7 Å². The van der Waals surface area contributed by atoms with E-state index in [0.29, 0.717) is 0 Å². The van der Waals surface area contributed by atoms with Crippen LogP contribution in [0, 0.1) is 6.92 Å². The van der Waals surface area contributed by atoms with E-state index in [9.17, 15) is 4.79 Å². The molecule has 6 nitrogen and oxygen atoms in total. The summed E-state index contributed by atoms with van der Waals surface area (Å²) in [5.41, 5.74) is 1.97. The molecule has 1 unspecified atom stereocenters. The fraction of sp³-hybridized carbons (Fsp3) is 0.615. The minimum Gasteiger partial charge on any atom is -0.480 e. The van der Waals surface area contributed by atoms with Crippen LogP contribution < -0.4 is 0 Å². The molecule has 0 aromatic carbocycles. The maximum Gasteiger partial charge on any atom is 0.317 e. The van der Waals surface area contributed by atoms with Crippen LogP contribution >= 0.6 is 0 Å². The minimum absolute atomic E-state index is 0.131. The summed E-state index contributed by atoms with van der Waals surface area (Å²) in [6, 6.07) is 0.223. The van der Waals surface area contributed by atoms with E-state index in [4.69, 9.17) is 5.11 Å². The van der Waals surface area contributed by atoms with Crippen LogP contribution in [0.15, 0.2) is 12.4 Å². The van der Waals surface area contributed by atoms with Gasteiger partial charge in [-0.2, -0.15) is 0 Å². The number of aryl methyl sites for hydroxylation is 1. The lowest BCUT2D eigenvalue weighted by Crippen LogP contribution is -2.48. The number of rotatable bonds is 4. The fourth-order valence-electron chi connectivity index (χ4n) is 2.50. The molecule has 19 heavy (non-hydrogen) atoms. The first-order chi connectivity index (χ1) is 9.08. The number of hydrogen-bond acceptors (Lipinski definition) is 5. The second kappa shape index (κ2) is 6.08. The van der Waals surface area contributed by atoms with Crippen LogP contribution in [-0.4, -0.2) is 63.6 Å². The lowest BCUT2D eigenvalue weighted by atomic mass is 10.1. The molecule has 0 saturated carbocycles. The minimum atomic E-state index is -0.758. The number of nitrogens with zero attached hydrogens (tertiary/aromatic N) is 4. The molecular weight excluding hydrogens is 244 g/mol. The van der Waals surface area contributed by atoms with Crippen molar-refractivity contribution in [3.63, 3.8) is 0 Å². The topological polar surface area (TPSA) is 69.6 Å². The SMILES string of the molecule is Cc1nccnc1C(C)N1CCN(CC(=O)O)CC1. The van der Waals surface area contributed by atoms with E-state index in [1.807, 2.05) is 11.8 Å². The predicted octanol–water partition coefficient (Wildman–Crippen LogP) is 0.548. The van der Waals surface area contributed by atoms with E-state index in [2.05, 4.69) is 21.8 Å². The zero-order chi connectivity index (χ0) is 13.8. The lowest BCUT2D eigenvalue weighted by molar-refractivity contribution is -0.138. The van der Waals surface area contributed by atoms with Crippen molar-refractivity contribution in [2.45, 2.75) is 19.9 Å². The van der Waals surface area contributed by atoms with Crippen molar-refractivity contribution in [1.29, 1.82) is 0 Å². The summed E-state index contributed by atoms with van der Waals surface area (Å²) >= 11 is 0. The van der Waals surface area contributed by atoms with Gasteiger partial charge >= 0.3 is 5.97 Å². The van der Waals surface area contributed by atoms with Gasteiger partial charge in [0.15, 0.2) is 0 Å². The summed E-state index contributed by atoms with van der Waals surface area (Å²) in [6.45, 7) is 7.54. The van der Waals surface area contributed by atoms with Gasteiger partial charge in [0.05, 0.1) is 24.0 Å². The van der Waals surface area contributed by atoms with Gasteiger partial charge in [-0.1, -0.05) is 0 Å². The number of aliphatic carboxylic acids is 1. The standard InChI is InChI=1S/C13H20N4O2/c1-10-13(15-4-3-14-10)11(2)17-7-5-16(6-8-17)9-12(18)19/h3-4,11H,5-9H2,1-2H3,(H,18,19). The summed E-state index contributed by atoms with van der Waals surface area (Å²) in [5.74, 6) is -0.758. The summed E-state index contributed by atoms with van der Waals surface area (Å²) < 4.78 is 0. The van der Waals surface area contributed by atoms with Crippen LogP contribution in [0.1, 0.15) is 24.4 Å². The highest BCUT2D eigenvalue weighted by Crippen LogP contribution is 2.21. The first kappa shape index (κ1) is 13.9. The lowest BCUT2D eigenvalue weighted by Gasteiger charge is -2.37. The second-order valence-corrected chi connectivity index (χ2v) is 4.91. The van der Waals surface area contributed by atoms with Crippen LogP contribution in [0.5, 0.6) is 0 Å². The van der Waals surface area contributed by atoms with Gasteiger partial charge in [-0.25, -0.2) is 0 Å². The van der Waals surface area contributed by atoms with E-state index in [-0.39, 0.29) is 12.6 Å². The largest absolute Gasteiger partial charge is 0.480 e. The van der Waals surface area contributed by atoms with E-state index in [0.717, 1.165) is 37.6 Å². The van der Waals surface area contributed by atoms with E-state index in [1.165, 1.54) is 0 Å². The van der Waals surface area contributed by atoms with Gasteiger partial charge in [-0.3, -0.25) is 24.6 Å². The number of hydrogen-bond donors (Lipinski definition) is 1. The Balaban J connectivity index is 1.94. The van der Waals surface area contributed by atoms with Crippen LogP contribution in [0.3, 0.4) is 0 Å². The summed E-state index contributed by atoms with van der Waals surface area (Å²) in [4.78, 5) is 23.7. The summed E-state index contributed by atoms with van der Waals surface area (Å²) in [7, 11) is 0. The molecule has 1 aliphatic heterocycles. The molecule has 1 N–H and O–H groups in total. The highest BCUT2D eigenvalue weighted by molar-refractivity contribution is 5.69. The van der Waals surface area contributed by atoms with Crippen LogP contribution in [0.4, 0.5) is 0 Å². The number of carbonyl (C=O) groups is 1. The van der Waals surface area contributed by atoms with E-state index in [1.54, 1.807) is 12.4 Å². The Morgan fingerprint density at radius 2 is 1.95 bits per heavy atom. The molecule has 0 bridgehead atoms. The molecule has 0 amide bonds. The van der Waals surface area contributed by atoms with E-state index < -0.39 is 5.97 Å². The van der Waals surface area contributed by atoms with Gasteiger partial charge in [0.2, 0.25) is 0 Å². The van der Waals surface area contributed by atoms with Gasteiger partial charge in [0, 0.05) is 38.6 Å². The summed E-state index contributed by atoms with van der Waals surface area (Å²) in [5, 5.41) is 8.78. The first-order valence-electron chi connectivity index (χ1n) is 6.53. The number of carboxylic acid groups (broad SMARTS) is 1. The molecule has 1 atom stereocenters. The Labute approximate surface area is 113 Å². The molecule has 2 heterocycles. The van der Waals surface area contributed by atoms with Gasteiger partial charge in [-0.15, -0.1) is 0 Å². The van der Waals surface area contributed by atoms with Crippen molar-refractivity contribution >= 4 is 5.97 Å². The maximum absolute atomic E-state index is 10.7. The molecule has 2 rings (SSSR count). The van der Waals surface area contributed by atoms with Crippen molar-refractivity contribution < 1.29 is 9.90 Å². The van der Waals surface area contributed by atoms with Crippen LogP contribution in [0.2, 0.25) is 0 Å². The van der Waals surface area contributed by atoms with E-state index >= 15 is 0 Å². The normalized spacial score (nSPS) is 19.3. The molecule has 104 valence electrons. The molecule has 0 spiro atoms. The van der Waals surface area contributed by atoms with Gasteiger partial charge < -0.3 is 5.11 Å². The zero-order valence-corrected chi connectivity index (χ0v) is 11.4. The molecular formula is C13H20N4O2. The Morgan fingerprint density at radius 3 is 2.53 bits per heavy atom. The Hall–Kier alpha value is -1.53. The molecule has 6 heteroatoms. The van der Waals surface area contributed by atoms with Crippen molar-refractivity contribution in [3.8, 4) is 0 Å². The third-order valence-corrected chi connectivity index (χ3v) is 3.63. The quantitative estimate of drug-likeness (QED) is 0.856. The second-order valence-electron chi connectivity index (χ2n) is 4.91.